The van der Waals surface area contributed by atoms with Crippen LogP contribution in [0.25, 0.3) is 10.8 Å². The van der Waals surface area contributed by atoms with Crippen molar-refractivity contribution < 1.29 is 9.89 Å². The Kier molecular flexibility index (Phi) is 4.17. The highest BCUT2D eigenvalue weighted by molar-refractivity contribution is 6.03. The summed E-state index contributed by atoms with van der Waals surface area (Å²) >= 11 is 0. The van der Waals surface area contributed by atoms with Gasteiger partial charge in [-0.15, -0.1) is 0 Å². The normalized spacial score (nSPS) is 20.7. The highest BCUT2D eigenvalue weighted by atomic mass is 15.1. The number of quaternary nitrogens is 1. The Morgan fingerprint density at radius 3 is 2.62 bits per heavy atom. The summed E-state index contributed by atoms with van der Waals surface area (Å²) < 4.78 is 0. The molecule has 0 unspecified atom stereocenters. The van der Waals surface area contributed by atoms with E-state index in [4.69, 9.17) is 0 Å². The van der Waals surface area contributed by atoms with Gasteiger partial charge in [-0.2, -0.15) is 0 Å². The van der Waals surface area contributed by atoms with Crippen LogP contribution in [0.4, 0.5) is 0 Å². The predicted molar refractivity (Wildman–Crippen MR) is 101 cm³/mol. The van der Waals surface area contributed by atoms with Gasteiger partial charge in [0, 0.05) is 25.8 Å². The topological polar surface area (TPSA) is 18.4 Å². The van der Waals surface area contributed by atoms with Crippen molar-refractivity contribution in [3.05, 3.63) is 47.5 Å². The largest absolute Gasteiger partial charge is 0.334 e. The van der Waals surface area contributed by atoms with Crippen LogP contribution in [0.2, 0.25) is 0 Å². The van der Waals surface area contributed by atoms with E-state index in [1.54, 1.807) is 10.5 Å². The minimum absolute atomic E-state index is 0.143. The average molecular weight is 322 g/mol. The van der Waals surface area contributed by atoms with Crippen LogP contribution < -0.4 is 9.89 Å². The molecule has 1 fully saturated rings. The molecule has 0 radical (unpaired) electrons. The fraction of sp³-hybridized carbons (Fsp3) is 0.500. The van der Waals surface area contributed by atoms with Crippen molar-refractivity contribution in [2.45, 2.75) is 51.5 Å². The Hall–Kier alpha value is -1.67. The van der Waals surface area contributed by atoms with Gasteiger partial charge >= 0.3 is 0 Å². The summed E-state index contributed by atoms with van der Waals surface area (Å²) in [6.07, 6.45) is 6.52. The molecule has 2 aromatic rings. The SMILES string of the molecule is CC1(C)Cc2c(ccc3ccccc23)C(CC[NH+]2CCCCC2)=[NH+]1. The summed E-state index contributed by atoms with van der Waals surface area (Å²) in [4.78, 5) is 5.65. The first-order valence-corrected chi connectivity index (χ1v) is 9.61. The molecule has 0 aromatic heterocycles. The lowest BCUT2D eigenvalue weighted by atomic mass is 9.83. The van der Waals surface area contributed by atoms with E-state index in [0.29, 0.717) is 0 Å². The van der Waals surface area contributed by atoms with Gasteiger partial charge in [-0.3, -0.25) is 0 Å². The van der Waals surface area contributed by atoms with Crippen molar-refractivity contribution >= 4 is 16.5 Å². The maximum atomic E-state index is 3.86. The fourth-order valence-electron chi connectivity index (χ4n) is 4.57. The van der Waals surface area contributed by atoms with Crippen LogP contribution in [-0.2, 0) is 6.42 Å². The zero-order valence-electron chi connectivity index (χ0n) is 15.1. The van der Waals surface area contributed by atoms with Crippen LogP contribution >= 0.6 is 0 Å². The molecule has 2 N–H and O–H groups in total. The van der Waals surface area contributed by atoms with Crippen LogP contribution in [0.1, 0.15) is 50.7 Å². The van der Waals surface area contributed by atoms with E-state index in [2.05, 4.69) is 55.2 Å². The maximum Gasteiger partial charge on any atom is 0.188 e. The number of piperidine rings is 1. The van der Waals surface area contributed by atoms with Crippen molar-refractivity contribution in [3.8, 4) is 0 Å². The van der Waals surface area contributed by atoms with E-state index in [0.717, 1.165) is 6.42 Å². The van der Waals surface area contributed by atoms with Crippen molar-refractivity contribution in [1.82, 2.24) is 0 Å². The van der Waals surface area contributed by atoms with Gasteiger partial charge in [-0.25, -0.2) is 4.99 Å². The van der Waals surface area contributed by atoms with Crippen molar-refractivity contribution in [2.24, 2.45) is 0 Å². The number of hydrogen-bond donors (Lipinski definition) is 2. The molecule has 2 nitrogen and oxygen atoms in total. The number of fused-ring (bicyclic) bond motifs is 3. The highest BCUT2D eigenvalue weighted by Gasteiger charge is 2.34. The van der Waals surface area contributed by atoms with E-state index in [9.17, 15) is 0 Å². The summed E-state index contributed by atoms with van der Waals surface area (Å²) in [7, 11) is 0. The highest BCUT2D eigenvalue weighted by Crippen LogP contribution is 2.27. The van der Waals surface area contributed by atoms with Crippen LogP contribution in [-0.4, -0.2) is 30.9 Å². The molecule has 0 amide bonds. The van der Waals surface area contributed by atoms with Gasteiger partial charge in [0.25, 0.3) is 0 Å². The van der Waals surface area contributed by atoms with Gasteiger partial charge in [0.2, 0.25) is 0 Å². The molecule has 126 valence electrons. The predicted octanol–water partition coefficient (Wildman–Crippen LogP) is 1.50. The number of benzene rings is 2. The second-order valence-corrected chi connectivity index (χ2v) is 8.29. The molecule has 2 aromatic carbocycles. The molecule has 1 saturated heterocycles. The lowest BCUT2D eigenvalue weighted by Crippen LogP contribution is -3.13. The van der Waals surface area contributed by atoms with Crippen LogP contribution in [0, 0.1) is 0 Å². The van der Waals surface area contributed by atoms with Crippen molar-refractivity contribution in [3.63, 3.8) is 0 Å². The molecule has 0 aliphatic carbocycles. The van der Waals surface area contributed by atoms with E-state index < -0.39 is 0 Å². The first-order valence-electron chi connectivity index (χ1n) is 9.61. The van der Waals surface area contributed by atoms with Crippen molar-refractivity contribution in [2.75, 3.05) is 19.6 Å². The van der Waals surface area contributed by atoms with E-state index in [1.807, 2.05) is 0 Å². The number of nitrogens with one attached hydrogen (secondary N) is 2. The minimum atomic E-state index is 0.143. The molecule has 4 rings (SSSR count). The Morgan fingerprint density at radius 2 is 1.79 bits per heavy atom. The van der Waals surface area contributed by atoms with Gasteiger partial charge in [0.1, 0.15) is 0 Å². The maximum absolute atomic E-state index is 3.86. The van der Waals surface area contributed by atoms with Crippen LogP contribution in [0.3, 0.4) is 0 Å². The van der Waals surface area contributed by atoms with Gasteiger partial charge in [-0.05, 0) is 41.7 Å². The summed E-state index contributed by atoms with van der Waals surface area (Å²) in [5, 5.41) is 2.81. The van der Waals surface area contributed by atoms with Gasteiger partial charge < -0.3 is 4.90 Å². The Balaban J connectivity index is 1.66. The van der Waals surface area contributed by atoms with Crippen LogP contribution in [0.15, 0.2) is 36.4 Å². The Bertz CT molecular complexity index is 767. The molecule has 2 heteroatoms. The first-order chi connectivity index (χ1) is 11.6. The molecule has 0 spiro atoms. The molecule has 0 saturated carbocycles. The Labute approximate surface area is 145 Å². The monoisotopic (exact) mass is 322 g/mol. The molecule has 0 atom stereocenters. The molecule has 2 heterocycles. The van der Waals surface area contributed by atoms with E-state index in [1.165, 1.54) is 67.4 Å². The zero-order valence-corrected chi connectivity index (χ0v) is 15.1. The number of likely N-dealkylation sites (tertiary alicyclic amines) is 1. The minimum Gasteiger partial charge on any atom is -0.334 e. The molecule has 2 aliphatic heterocycles. The summed E-state index contributed by atoms with van der Waals surface area (Å²) in [6.45, 7) is 8.67. The summed E-state index contributed by atoms with van der Waals surface area (Å²) in [5.74, 6) is 0. The summed E-state index contributed by atoms with van der Waals surface area (Å²) in [5.41, 5.74) is 4.61. The second kappa shape index (κ2) is 6.33. The lowest BCUT2D eigenvalue weighted by Gasteiger charge is -2.27. The third-order valence-corrected chi connectivity index (χ3v) is 5.76. The first kappa shape index (κ1) is 15.8. The Morgan fingerprint density at radius 1 is 1.00 bits per heavy atom. The molecule has 2 aliphatic rings. The van der Waals surface area contributed by atoms with Crippen molar-refractivity contribution in [1.29, 1.82) is 0 Å². The van der Waals surface area contributed by atoms with Crippen LogP contribution in [0.5, 0.6) is 0 Å². The zero-order chi connectivity index (χ0) is 16.6. The average Bonchev–Trinajstić information content (AvgIpc) is 2.59. The molecular weight excluding hydrogens is 292 g/mol. The third-order valence-electron chi connectivity index (χ3n) is 5.76. The quantitative estimate of drug-likeness (QED) is 0.853. The van der Waals surface area contributed by atoms with Gasteiger partial charge in [0.15, 0.2) is 11.3 Å². The standard InChI is InChI=1S/C22H28N2/c1-22(2)16-20-18-9-5-4-8-17(18)10-11-19(20)21(23-22)12-15-24-13-6-3-7-14-24/h4-5,8-11H,3,6-7,12-16H2,1-2H3/p+2. The number of rotatable bonds is 3. The fourth-order valence-corrected chi connectivity index (χ4v) is 4.57. The summed E-state index contributed by atoms with van der Waals surface area (Å²) in [6, 6.07) is 13.5. The lowest BCUT2D eigenvalue weighted by molar-refractivity contribution is -0.904. The molecule has 0 bridgehead atoms. The molecule has 24 heavy (non-hydrogen) atoms. The van der Waals surface area contributed by atoms with Gasteiger partial charge in [-0.1, -0.05) is 30.3 Å². The number of hydrogen-bond acceptors (Lipinski definition) is 0. The van der Waals surface area contributed by atoms with E-state index >= 15 is 0 Å². The smallest absolute Gasteiger partial charge is 0.188 e. The third kappa shape index (κ3) is 3.12. The van der Waals surface area contributed by atoms with E-state index in [-0.39, 0.29) is 5.54 Å². The van der Waals surface area contributed by atoms with Gasteiger partial charge in [0.05, 0.1) is 26.1 Å². The second-order valence-electron chi connectivity index (χ2n) is 8.29. The molecular formula is C22H30N2+2.